The van der Waals surface area contributed by atoms with E-state index in [0.29, 0.717) is 10.7 Å². The van der Waals surface area contributed by atoms with Crippen LogP contribution in [-0.4, -0.2) is 13.3 Å². The van der Waals surface area contributed by atoms with E-state index in [4.69, 9.17) is 11.6 Å². The number of hydrogen-bond acceptors (Lipinski definition) is 2. The molecule has 1 aromatic rings. The third-order valence-electron chi connectivity index (χ3n) is 1.68. The van der Waals surface area contributed by atoms with Crippen LogP contribution in [0.1, 0.15) is 5.56 Å². The van der Waals surface area contributed by atoms with Gasteiger partial charge < -0.3 is 10.3 Å². The molecular formula is C9H12ClNOS. The molecule has 0 saturated carbocycles. The molecule has 72 valence electrons. The van der Waals surface area contributed by atoms with Gasteiger partial charge in [-0.25, -0.2) is 0 Å². The van der Waals surface area contributed by atoms with Crippen molar-refractivity contribution in [1.29, 1.82) is 0 Å². The third-order valence-corrected chi connectivity index (χ3v) is 2.52. The number of halogens is 1. The van der Waals surface area contributed by atoms with Crippen LogP contribution in [0.2, 0.25) is 5.02 Å². The number of nitrogens with one attached hydrogen (secondary N) is 1. The van der Waals surface area contributed by atoms with Crippen molar-refractivity contribution in [2.45, 2.75) is 5.75 Å². The van der Waals surface area contributed by atoms with Crippen LogP contribution in [0.4, 0.5) is 5.69 Å². The Labute approximate surface area is 87.5 Å². The van der Waals surface area contributed by atoms with Gasteiger partial charge in [-0.2, -0.15) is 11.8 Å². The molecule has 1 atom stereocenters. The quantitative estimate of drug-likeness (QED) is 0.783. The number of hydrogen-bond donors (Lipinski definition) is 1. The van der Waals surface area contributed by atoms with E-state index < -0.39 is 0 Å². The van der Waals surface area contributed by atoms with Gasteiger partial charge in [-0.1, -0.05) is 11.6 Å². The Kier molecular flexibility index (Phi) is 4.06. The highest BCUT2D eigenvalue weighted by Gasteiger charge is 2.02. The van der Waals surface area contributed by atoms with E-state index in [0.717, 1.165) is 11.3 Å². The molecule has 1 unspecified atom stereocenters. The van der Waals surface area contributed by atoms with E-state index in [1.54, 1.807) is 24.9 Å². The molecule has 0 heterocycles. The van der Waals surface area contributed by atoms with Gasteiger partial charge in [0.2, 0.25) is 0 Å². The summed E-state index contributed by atoms with van der Waals surface area (Å²) in [6, 6.07) is 5.49. The predicted octanol–water partition coefficient (Wildman–Crippen LogP) is 1.85. The zero-order valence-electron chi connectivity index (χ0n) is 7.63. The van der Waals surface area contributed by atoms with Crippen LogP contribution < -0.4 is 5.06 Å². The minimum atomic E-state index is 0.0600. The van der Waals surface area contributed by atoms with Crippen LogP contribution >= 0.6 is 23.4 Å². The second-order valence-corrected chi connectivity index (χ2v) is 4.14. The average Bonchev–Trinajstić information content (AvgIpc) is 2.03. The maximum Gasteiger partial charge on any atom is 0.132 e. The van der Waals surface area contributed by atoms with E-state index in [-0.39, 0.29) is 5.06 Å². The van der Waals surface area contributed by atoms with Gasteiger partial charge in [0.1, 0.15) is 5.69 Å². The molecule has 0 aliphatic carbocycles. The summed E-state index contributed by atoms with van der Waals surface area (Å²) in [7, 11) is 1.55. The Hall–Kier alpha value is -0.220. The second-order valence-electron chi connectivity index (χ2n) is 2.84. The molecule has 0 bridgehead atoms. The van der Waals surface area contributed by atoms with Crippen molar-refractivity contribution < 1.29 is 5.06 Å². The largest absolute Gasteiger partial charge is 0.629 e. The van der Waals surface area contributed by atoms with Crippen molar-refractivity contribution in [3.05, 3.63) is 34.0 Å². The van der Waals surface area contributed by atoms with E-state index in [9.17, 15) is 5.21 Å². The van der Waals surface area contributed by atoms with Crippen LogP contribution in [0, 0.1) is 5.21 Å². The first-order valence-corrected chi connectivity index (χ1v) is 5.70. The van der Waals surface area contributed by atoms with Gasteiger partial charge in [-0.05, 0) is 17.9 Å². The molecule has 0 aliphatic rings. The van der Waals surface area contributed by atoms with Gasteiger partial charge in [0, 0.05) is 22.9 Å². The fraction of sp³-hybridized carbons (Fsp3) is 0.333. The summed E-state index contributed by atoms with van der Waals surface area (Å²) in [6.45, 7) is 0. The Bertz CT molecular complexity index is 291. The molecule has 0 aliphatic heterocycles. The second kappa shape index (κ2) is 4.86. The highest BCUT2D eigenvalue weighted by Crippen LogP contribution is 2.19. The Morgan fingerprint density at radius 2 is 2.15 bits per heavy atom. The van der Waals surface area contributed by atoms with Crippen molar-refractivity contribution in [1.82, 2.24) is 0 Å². The smallest absolute Gasteiger partial charge is 0.132 e. The molecule has 0 spiro atoms. The molecular weight excluding hydrogens is 206 g/mol. The third kappa shape index (κ3) is 3.19. The van der Waals surface area contributed by atoms with Crippen molar-refractivity contribution in [3.8, 4) is 0 Å². The average molecular weight is 218 g/mol. The molecule has 13 heavy (non-hydrogen) atoms. The zero-order chi connectivity index (χ0) is 9.84. The number of quaternary nitrogens is 1. The zero-order valence-corrected chi connectivity index (χ0v) is 9.21. The van der Waals surface area contributed by atoms with Crippen molar-refractivity contribution in [2.24, 2.45) is 0 Å². The number of thioether (sulfide) groups is 1. The number of hydroxylamine groups is 1. The SMILES string of the molecule is CSCc1cc(Cl)cc([NH+](C)[O-])c1. The number of rotatable bonds is 3. The standard InChI is InChI=1S/C9H12ClNOS/c1-11(12)9-4-7(6-13-2)3-8(10)5-9/h3-5,11H,6H2,1-2H3. The van der Waals surface area contributed by atoms with Crippen molar-refractivity contribution in [2.75, 3.05) is 13.3 Å². The first-order valence-electron chi connectivity index (χ1n) is 3.93. The maximum absolute atomic E-state index is 11.1. The Morgan fingerprint density at radius 1 is 1.46 bits per heavy atom. The molecule has 1 rings (SSSR count). The summed E-state index contributed by atoms with van der Waals surface area (Å²) >= 11 is 7.58. The minimum Gasteiger partial charge on any atom is -0.629 e. The summed E-state index contributed by atoms with van der Waals surface area (Å²) in [5, 5.41) is 11.8. The highest BCUT2D eigenvalue weighted by molar-refractivity contribution is 7.97. The minimum absolute atomic E-state index is 0.0600. The monoisotopic (exact) mass is 217 g/mol. The predicted molar refractivity (Wildman–Crippen MR) is 58.6 cm³/mol. The fourth-order valence-corrected chi connectivity index (χ4v) is 1.86. The van der Waals surface area contributed by atoms with Crippen LogP contribution in [0.5, 0.6) is 0 Å². The van der Waals surface area contributed by atoms with E-state index in [1.807, 2.05) is 18.4 Å². The summed E-state index contributed by atoms with van der Waals surface area (Å²) in [5.41, 5.74) is 1.79. The highest BCUT2D eigenvalue weighted by atomic mass is 35.5. The van der Waals surface area contributed by atoms with Crippen LogP contribution in [0.25, 0.3) is 0 Å². The van der Waals surface area contributed by atoms with Crippen LogP contribution in [0.3, 0.4) is 0 Å². The molecule has 1 N–H and O–H groups in total. The van der Waals surface area contributed by atoms with Gasteiger partial charge in [0.15, 0.2) is 0 Å². The Balaban J connectivity index is 2.96. The van der Waals surface area contributed by atoms with Crippen LogP contribution in [-0.2, 0) is 5.75 Å². The first-order chi connectivity index (χ1) is 6.13. The molecule has 0 saturated heterocycles. The lowest BCUT2D eigenvalue weighted by atomic mass is 10.2. The topological polar surface area (TPSA) is 27.5 Å². The normalized spacial score (nSPS) is 12.9. The Morgan fingerprint density at radius 3 is 2.69 bits per heavy atom. The lowest BCUT2D eigenvalue weighted by molar-refractivity contribution is -0.751. The first kappa shape index (κ1) is 10.9. The molecule has 0 amide bonds. The van der Waals surface area contributed by atoms with Gasteiger partial charge in [0.05, 0.1) is 7.05 Å². The van der Waals surface area contributed by atoms with Gasteiger partial charge >= 0.3 is 0 Å². The molecule has 0 radical (unpaired) electrons. The summed E-state index contributed by atoms with van der Waals surface area (Å²) in [6.07, 6.45) is 2.02. The number of benzene rings is 1. The molecule has 0 fully saturated rings. The van der Waals surface area contributed by atoms with Gasteiger partial charge in [0.25, 0.3) is 0 Å². The van der Waals surface area contributed by atoms with Crippen LogP contribution in [0.15, 0.2) is 18.2 Å². The van der Waals surface area contributed by atoms with Crippen molar-refractivity contribution >= 4 is 29.1 Å². The molecule has 1 aromatic carbocycles. The summed E-state index contributed by atoms with van der Waals surface area (Å²) in [5.74, 6) is 0.890. The van der Waals surface area contributed by atoms with E-state index in [1.165, 1.54) is 0 Å². The lowest BCUT2D eigenvalue weighted by Crippen LogP contribution is -2.98. The summed E-state index contributed by atoms with van der Waals surface area (Å²) < 4.78 is 0. The van der Waals surface area contributed by atoms with Gasteiger partial charge in [-0.3, -0.25) is 0 Å². The van der Waals surface area contributed by atoms with E-state index >= 15 is 0 Å². The fourth-order valence-electron chi connectivity index (χ4n) is 1.10. The van der Waals surface area contributed by atoms with E-state index in [2.05, 4.69) is 0 Å². The molecule has 2 nitrogen and oxygen atoms in total. The summed E-state index contributed by atoms with van der Waals surface area (Å²) in [4.78, 5) is 0. The molecule has 0 aromatic heterocycles. The molecule has 4 heteroatoms. The maximum atomic E-state index is 11.1. The van der Waals surface area contributed by atoms with Crippen molar-refractivity contribution in [3.63, 3.8) is 0 Å². The van der Waals surface area contributed by atoms with Gasteiger partial charge in [-0.15, -0.1) is 0 Å². The lowest BCUT2D eigenvalue weighted by Gasteiger charge is -2.16.